The monoisotopic (exact) mass is 305 g/mol. The number of aromatic nitrogens is 2. The maximum absolute atomic E-state index is 11.5. The molecule has 0 radical (unpaired) electrons. The van der Waals surface area contributed by atoms with Crippen molar-refractivity contribution in [3.8, 4) is 0 Å². The van der Waals surface area contributed by atoms with Crippen LogP contribution in [0.15, 0.2) is 34.7 Å². The van der Waals surface area contributed by atoms with E-state index in [2.05, 4.69) is 15.5 Å². The van der Waals surface area contributed by atoms with Gasteiger partial charge in [-0.25, -0.2) is 4.79 Å². The smallest absolute Gasteiger partial charge is 0.407 e. The number of carbonyl (C=O) groups is 1. The SMILES string of the molecule is COC(C)c1nnc(CCNC(=O)OCc2ccccc2)o1. The summed E-state index contributed by atoms with van der Waals surface area (Å²) < 4.78 is 15.6. The molecule has 1 amide bonds. The first-order chi connectivity index (χ1) is 10.7. The number of nitrogens with one attached hydrogen (secondary N) is 1. The summed E-state index contributed by atoms with van der Waals surface area (Å²) >= 11 is 0. The van der Waals surface area contributed by atoms with Crippen molar-refractivity contribution in [2.45, 2.75) is 26.1 Å². The number of carbonyl (C=O) groups excluding carboxylic acids is 1. The summed E-state index contributed by atoms with van der Waals surface area (Å²) in [5, 5.41) is 10.4. The van der Waals surface area contributed by atoms with Crippen molar-refractivity contribution in [2.75, 3.05) is 13.7 Å². The van der Waals surface area contributed by atoms with Crippen LogP contribution in [0, 0.1) is 0 Å². The van der Waals surface area contributed by atoms with Gasteiger partial charge in [-0.05, 0) is 12.5 Å². The quantitative estimate of drug-likeness (QED) is 0.844. The molecular weight excluding hydrogens is 286 g/mol. The predicted molar refractivity (Wildman–Crippen MR) is 78.1 cm³/mol. The maximum atomic E-state index is 11.5. The molecule has 1 unspecified atom stereocenters. The molecule has 0 spiro atoms. The van der Waals surface area contributed by atoms with Crippen LogP contribution in [-0.4, -0.2) is 29.9 Å². The summed E-state index contributed by atoms with van der Waals surface area (Å²) in [5.74, 6) is 0.867. The van der Waals surface area contributed by atoms with Gasteiger partial charge in [0.15, 0.2) is 0 Å². The van der Waals surface area contributed by atoms with Crippen molar-refractivity contribution in [2.24, 2.45) is 0 Å². The van der Waals surface area contributed by atoms with Gasteiger partial charge in [-0.1, -0.05) is 30.3 Å². The third-order valence-corrected chi connectivity index (χ3v) is 3.00. The number of nitrogens with zero attached hydrogens (tertiary/aromatic N) is 2. The van der Waals surface area contributed by atoms with Crippen molar-refractivity contribution in [1.29, 1.82) is 0 Å². The summed E-state index contributed by atoms with van der Waals surface area (Å²) in [4.78, 5) is 11.5. The van der Waals surface area contributed by atoms with Crippen LogP contribution in [-0.2, 0) is 22.5 Å². The van der Waals surface area contributed by atoms with E-state index in [0.29, 0.717) is 24.7 Å². The highest BCUT2D eigenvalue weighted by Gasteiger charge is 2.13. The molecule has 7 nitrogen and oxygen atoms in total. The number of hydrogen-bond donors (Lipinski definition) is 1. The van der Waals surface area contributed by atoms with Crippen molar-refractivity contribution >= 4 is 6.09 Å². The zero-order valence-corrected chi connectivity index (χ0v) is 12.6. The van der Waals surface area contributed by atoms with E-state index in [1.807, 2.05) is 37.3 Å². The Morgan fingerprint density at radius 3 is 2.82 bits per heavy atom. The molecule has 1 aromatic heterocycles. The Bertz CT molecular complexity index is 585. The summed E-state index contributed by atoms with van der Waals surface area (Å²) in [6, 6.07) is 9.48. The second-order valence-corrected chi connectivity index (χ2v) is 4.65. The molecule has 0 aliphatic rings. The molecule has 2 rings (SSSR count). The third-order valence-electron chi connectivity index (χ3n) is 3.00. The van der Waals surface area contributed by atoms with E-state index in [1.54, 1.807) is 7.11 Å². The lowest BCUT2D eigenvalue weighted by atomic mass is 10.2. The predicted octanol–water partition coefficient (Wildman–Crippen LogP) is 2.25. The Hall–Kier alpha value is -2.41. The van der Waals surface area contributed by atoms with E-state index in [9.17, 15) is 4.79 Å². The molecule has 0 saturated carbocycles. The first kappa shape index (κ1) is 16.0. The summed E-state index contributed by atoms with van der Waals surface area (Å²) in [6.07, 6.45) is -0.289. The highest BCUT2D eigenvalue weighted by Crippen LogP contribution is 2.13. The lowest BCUT2D eigenvalue weighted by Gasteiger charge is -2.06. The van der Waals surface area contributed by atoms with Gasteiger partial charge in [0.05, 0.1) is 0 Å². The van der Waals surface area contributed by atoms with Gasteiger partial charge >= 0.3 is 6.09 Å². The van der Waals surface area contributed by atoms with Crippen LogP contribution < -0.4 is 5.32 Å². The van der Waals surface area contributed by atoms with Crippen LogP contribution in [0.4, 0.5) is 4.79 Å². The van der Waals surface area contributed by atoms with Gasteiger partial charge in [0.1, 0.15) is 12.7 Å². The highest BCUT2D eigenvalue weighted by molar-refractivity contribution is 5.67. The van der Waals surface area contributed by atoms with Crippen LogP contribution in [0.2, 0.25) is 0 Å². The van der Waals surface area contributed by atoms with Crippen molar-refractivity contribution in [3.05, 3.63) is 47.7 Å². The van der Waals surface area contributed by atoms with E-state index in [0.717, 1.165) is 5.56 Å². The Balaban J connectivity index is 1.67. The second-order valence-electron chi connectivity index (χ2n) is 4.65. The summed E-state index contributed by atoms with van der Waals surface area (Å²) in [7, 11) is 1.57. The van der Waals surface area contributed by atoms with E-state index in [1.165, 1.54) is 0 Å². The zero-order valence-electron chi connectivity index (χ0n) is 12.6. The molecule has 2 aromatic rings. The van der Waals surface area contributed by atoms with Gasteiger partial charge < -0.3 is 19.2 Å². The summed E-state index contributed by atoms with van der Waals surface area (Å²) in [5.41, 5.74) is 0.938. The second kappa shape index (κ2) is 8.14. The standard InChI is InChI=1S/C15H19N3O4/c1-11(20-2)14-18-17-13(22-14)8-9-16-15(19)21-10-12-6-4-3-5-7-12/h3-7,11H,8-10H2,1-2H3,(H,16,19). The van der Waals surface area contributed by atoms with E-state index >= 15 is 0 Å². The minimum atomic E-state index is -0.478. The average molecular weight is 305 g/mol. The molecule has 0 aliphatic heterocycles. The maximum Gasteiger partial charge on any atom is 0.407 e. The topological polar surface area (TPSA) is 86.5 Å². The van der Waals surface area contributed by atoms with E-state index in [-0.39, 0.29) is 12.7 Å². The van der Waals surface area contributed by atoms with Crippen LogP contribution in [0.3, 0.4) is 0 Å². The molecular formula is C15H19N3O4. The van der Waals surface area contributed by atoms with Crippen LogP contribution >= 0.6 is 0 Å². The molecule has 7 heteroatoms. The first-order valence-corrected chi connectivity index (χ1v) is 6.98. The van der Waals surface area contributed by atoms with Gasteiger partial charge in [0.25, 0.3) is 0 Å². The van der Waals surface area contributed by atoms with Crippen LogP contribution in [0.1, 0.15) is 30.4 Å². The molecule has 1 N–H and O–H groups in total. The number of rotatable bonds is 7. The van der Waals surface area contributed by atoms with Gasteiger partial charge in [0.2, 0.25) is 11.8 Å². The number of alkyl carbamates (subject to hydrolysis) is 1. The fraction of sp³-hybridized carbons (Fsp3) is 0.400. The lowest BCUT2D eigenvalue weighted by molar-refractivity contribution is 0.0935. The van der Waals surface area contributed by atoms with Gasteiger partial charge in [0, 0.05) is 20.1 Å². The highest BCUT2D eigenvalue weighted by atomic mass is 16.5. The Morgan fingerprint density at radius 2 is 2.09 bits per heavy atom. The van der Waals surface area contributed by atoms with Crippen LogP contribution in [0.5, 0.6) is 0 Å². The molecule has 22 heavy (non-hydrogen) atoms. The molecule has 1 aromatic carbocycles. The molecule has 0 bridgehead atoms. The Labute approximate surface area is 128 Å². The number of hydrogen-bond acceptors (Lipinski definition) is 6. The van der Waals surface area contributed by atoms with Crippen molar-refractivity contribution < 1.29 is 18.7 Å². The van der Waals surface area contributed by atoms with Crippen molar-refractivity contribution in [3.63, 3.8) is 0 Å². The fourth-order valence-corrected chi connectivity index (χ4v) is 1.68. The first-order valence-electron chi connectivity index (χ1n) is 6.98. The average Bonchev–Trinajstić information content (AvgIpc) is 3.02. The number of benzene rings is 1. The largest absolute Gasteiger partial charge is 0.445 e. The Kier molecular flexibility index (Phi) is 5.91. The van der Waals surface area contributed by atoms with Crippen molar-refractivity contribution in [1.82, 2.24) is 15.5 Å². The molecule has 0 aliphatic carbocycles. The van der Waals surface area contributed by atoms with E-state index in [4.69, 9.17) is 13.9 Å². The molecule has 1 heterocycles. The minimum absolute atomic E-state index is 0.239. The lowest BCUT2D eigenvalue weighted by Crippen LogP contribution is -2.26. The van der Waals surface area contributed by atoms with Gasteiger partial charge in [-0.2, -0.15) is 0 Å². The Morgan fingerprint density at radius 1 is 1.32 bits per heavy atom. The number of amides is 1. The third kappa shape index (κ3) is 4.85. The summed E-state index contributed by atoms with van der Waals surface area (Å²) in [6.45, 7) is 2.41. The van der Waals surface area contributed by atoms with Gasteiger partial charge in [-0.15, -0.1) is 10.2 Å². The number of methoxy groups -OCH3 is 1. The molecule has 0 fully saturated rings. The minimum Gasteiger partial charge on any atom is -0.445 e. The fourth-order valence-electron chi connectivity index (χ4n) is 1.68. The molecule has 1 atom stereocenters. The number of ether oxygens (including phenoxy) is 2. The van der Waals surface area contributed by atoms with Crippen LogP contribution in [0.25, 0.3) is 0 Å². The molecule has 0 saturated heterocycles. The zero-order chi connectivity index (χ0) is 15.8. The van der Waals surface area contributed by atoms with Gasteiger partial charge in [-0.3, -0.25) is 0 Å². The molecule has 118 valence electrons. The normalized spacial score (nSPS) is 11.9. The van der Waals surface area contributed by atoms with E-state index < -0.39 is 6.09 Å².